The molecule has 104 valence electrons. The van der Waals surface area contributed by atoms with Crippen LogP contribution in [0, 0.1) is 5.92 Å². The molecule has 0 rings (SSSR count). The van der Waals surface area contributed by atoms with E-state index in [-0.39, 0.29) is 23.7 Å². The van der Waals surface area contributed by atoms with Gasteiger partial charge in [0.25, 0.3) is 0 Å². The largest absolute Gasteiger partial charge is 0.459 e. The van der Waals surface area contributed by atoms with E-state index in [4.69, 9.17) is 9.47 Å². The lowest BCUT2D eigenvalue weighted by molar-refractivity contribution is -0.151. The number of hydrogen-bond acceptors (Lipinski definition) is 4. The van der Waals surface area contributed by atoms with Crippen molar-refractivity contribution in [2.45, 2.75) is 60.7 Å². The first-order chi connectivity index (χ1) is 8.16. The predicted octanol–water partition coefficient (Wildman–Crippen LogP) is 2.86. The normalized spacial score (nSPS) is 10.8. The highest BCUT2D eigenvalue weighted by atomic mass is 16.6. The van der Waals surface area contributed by atoms with Crippen LogP contribution in [-0.4, -0.2) is 24.1 Å². The molecule has 0 N–H and O–H groups in total. The van der Waals surface area contributed by atoms with Crippen LogP contribution in [0.3, 0.4) is 0 Å². The van der Waals surface area contributed by atoms with Gasteiger partial charge in [0.15, 0.2) is 0 Å². The summed E-state index contributed by atoms with van der Waals surface area (Å²) in [6.07, 6.45) is -0.529. The molecule has 0 atom stereocenters. The van der Waals surface area contributed by atoms with Crippen molar-refractivity contribution in [2.75, 3.05) is 0 Å². The molecule has 0 amide bonds. The van der Waals surface area contributed by atoms with Crippen molar-refractivity contribution in [3.8, 4) is 0 Å². The molecule has 4 nitrogen and oxygen atoms in total. The van der Waals surface area contributed by atoms with Crippen LogP contribution in [0.5, 0.6) is 0 Å². The lowest BCUT2D eigenvalue weighted by Gasteiger charge is -2.16. The Balaban J connectivity index is 5.26. The fourth-order valence-corrected chi connectivity index (χ4v) is 1.24. The predicted molar refractivity (Wildman–Crippen MR) is 70.0 cm³/mol. The Labute approximate surface area is 109 Å². The summed E-state index contributed by atoms with van der Waals surface area (Å²) >= 11 is 0. The van der Waals surface area contributed by atoms with Gasteiger partial charge in [-0.1, -0.05) is 13.8 Å². The second kappa shape index (κ2) is 7.19. The molecule has 0 heterocycles. The highest BCUT2D eigenvalue weighted by Crippen LogP contribution is 2.18. The maximum Gasteiger partial charge on any atom is 0.345 e. The zero-order valence-electron chi connectivity index (χ0n) is 12.4. The van der Waals surface area contributed by atoms with Crippen molar-refractivity contribution < 1.29 is 19.1 Å². The lowest BCUT2D eigenvalue weighted by Crippen LogP contribution is -2.25. The minimum Gasteiger partial charge on any atom is -0.459 e. The molecular weight excluding hydrogens is 232 g/mol. The van der Waals surface area contributed by atoms with Crippen molar-refractivity contribution in [2.24, 2.45) is 5.92 Å². The molecule has 0 saturated heterocycles. The van der Waals surface area contributed by atoms with Crippen LogP contribution in [0.2, 0.25) is 0 Å². The van der Waals surface area contributed by atoms with Gasteiger partial charge >= 0.3 is 11.9 Å². The third-order valence-electron chi connectivity index (χ3n) is 2.35. The molecule has 0 aromatic rings. The summed E-state index contributed by atoms with van der Waals surface area (Å²) in [5, 5.41) is 0. The quantitative estimate of drug-likeness (QED) is 0.328. The Morgan fingerprint density at radius 2 is 1.11 bits per heavy atom. The van der Waals surface area contributed by atoms with E-state index in [1.165, 1.54) is 0 Å². The molecule has 0 fully saturated rings. The summed E-state index contributed by atoms with van der Waals surface area (Å²) in [5.74, 6) is -1.14. The highest BCUT2D eigenvalue weighted by Gasteiger charge is 2.26. The first-order valence-corrected chi connectivity index (χ1v) is 6.29. The van der Waals surface area contributed by atoms with E-state index >= 15 is 0 Å². The minimum absolute atomic E-state index is 0.0207. The number of esters is 2. The minimum atomic E-state index is -0.609. The molecule has 0 aliphatic rings. The van der Waals surface area contributed by atoms with Crippen LogP contribution in [0.25, 0.3) is 0 Å². The van der Waals surface area contributed by atoms with Gasteiger partial charge in [0.1, 0.15) is 5.57 Å². The molecule has 0 aromatic carbocycles. The van der Waals surface area contributed by atoms with Crippen LogP contribution in [0.4, 0.5) is 0 Å². The highest BCUT2D eigenvalue weighted by molar-refractivity contribution is 6.14. The summed E-state index contributed by atoms with van der Waals surface area (Å²) in [7, 11) is 0. The summed E-state index contributed by atoms with van der Waals surface area (Å²) in [4.78, 5) is 23.9. The summed E-state index contributed by atoms with van der Waals surface area (Å²) in [5.41, 5.74) is 0.707. The van der Waals surface area contributed by atoms with Crippen molar-refractivity contribution in [1.82, 2.24) is 0 Å². The average molecular weight is 256 g/mol. The van der Waals surface area contributed by atoms with Crippen LogP contribution in [-0.2, 0) is 19.1 Å². The smallest absolute Gasteiger partial charge is 0.345 e. The van der Waals surface area contributed by atoms with E-state index in [2.05, 4.69) is 0 Å². The van der Waals surface area contributed by atoms with Crippen LogP contribution >= 0.6 is 0 Å². The third-order valence-corrected chi connectivity index (χ3v) is 2.35. The number of allylic oxidation sites excluding steroid dienone is 1. The lowest BCUT2D eigenvalue weighted by atomic mass is 9.99. The molecule has 0 aromatic heterocycles. The number of hydrogen-bond donors (Lipinski definition) is 0. The molecule has 4 heteroatoms. The average Bonchev–Trinajstić information content (AvgIpc) is 2.14. The van der Waals surface area contributed by atoms with Crippen molar-refractivity contribution in [3.63, 3.8) is 0 Å². The first-order valence-electron chi connectivity index (χ1n) is 6.29. The van der Waals surface area contributed by atoms with Crippen LogP contribution in [0.15, 0.2) is 11.1 Å². The van der Waals surface area contributed by atoms with Gasteiger partial charge in [-0.3, -0.25) is 0 Å². The Morgan fingerprint density at radius 1 is 0.778 bits per heavy atom. The summed E-state index contributed by atoms with van der Waals surface area (Å²) in [6, 6.07) is 0. The molecule has 0 aliphatic heterocycles. The van der Waals surface area contributed by atoms with Gasteiger partial charge in [-0.05, 0) is 46.1 Å². The summed E-state index contributed by atoms with van der Waals surface area (Å²) < 4.78 is 10.2. The third kappa shape index (κ3) is 5.34. The monoisotopic (exact) mass is 256 g/mol. The van der Waals surface area contributed by atoms with E-state index in [0.29, 0.717) is 5.57 Å². The van der Waals surface area contributed by atoms with Crippen molar-refractivity contribution in [3.05, 3.63) is 11.1 Å². The van der Waals surface area contributed by atoms with Gasteiger partial charge in [-0.25, -0.2) is 9.59 Å². The molecule has 0 aliphatic carbocycles. The van der Waals surface area contributed by atoms with E-state index < -0.39 is 11.9 Å². The molecule has 0 unspecified atom stereocenters. The molecule has 0 saturated carbocycles. The number of carbonyl (C=O) groups is 2. The van der Waals surface area contributed by atoms with Crippen LogP contribution < -0.4 is 0 Å². The Kier molecular flexibility index (Phi) is 6.66. The SMILES string of the molecule is CC(=C(C(=O)OC(C)C)C(=O)OC(C)C)C(C)C. The molecule has 0 radical (unpaired) electrons. The molecular formula is C14H24O4. The van der Waals surface area contributed by atoms with E-state index in [1.54, 1.807) is 34.6 Å². The molecule has 18 heavy (non-hydrogen) atoms. The van der Waals surface area contributed by atoms with Crippen LogP contribution in [0.1, 0.15) is 48.5 Å². The van der Waals surface area contributed by atoms with Gasteiger partial charge in [0.05, 0.1) is 12.2 Å². The number of ether oxygens (including phenoxy) is 2. The van der Waals surface area contributed by atoms with Gasteiger partial charge < -0.3 is 9.47 Å². The first kappa shape index (κ1) is 16.7. The fourth-order valence-electron chi connectivity index (χ4n) is 1.24. The standard InChI is InChI=1S/C14H24O4/c1-8(2)11(7)12(13(15)17-9(3)4)14(16)18-10(5)6/h8-10H,1-7H3. The molecule has 0 spiro atoms. The second-order valence-corrected chi connectivity index (χ2v) is 5.12. The van der Waals surface area contributed by atoms with Crippen molar-refractivity contribution in [1.29, 1.82) is 0 Å². The number of rotatable bonds is 5. The van der Waals surface area contributed by atoms with E-state index in [9.17, 15) is 9.59 Å². The Hall–Kier alpha value is -1.32. The fraction of sp³-hybridized carbons (Fsp3) is 0.714. The zero-order valence-corrected chi connectivity index (χ0v) is 12.4. The van der Waals surface area contributed by atoms with E-state index in [0.717, 1.165) is 0 Å². The topological polar surface area (TPSA) is 52.6 Å². The van der Waals surface area contributed by atoms with Gasteiger partial charge in [-0.15, -0.1) is 0 Å². The van der Waals surface area contributed by atoms with Gasteiger partial charge in [-0.2, -0.15) is 0 Å². The zero-order chi connectivity index (χ0) is 14.5. The van der Waals surface area contributed by atoms with Gasteiger partial charge in [0.2, 0.25) is 0 Å². The Morgan fingerprint density at radius 3 is 1.33 bits per heavy atom. The maximum absolute atomic E-state index is 11.9. The number of carbonyl (C=O) groups excluding carboxylic acids is 2. The Bertz CT molecular complexity index is 314. The summed E-state index contributed by atoms with van der Waals surface area (Å²) in [6.45, 7) is 12.6. The molecule has 0 bridgehead atoms. The maximum atomic E-state index is 11.9. The van der Waals surface area contributed by atoms with Crippen molar-refractivity contribution >= 4 is 11.9 Å². The van der Waals surface area contributed by atoms with E-state index in [1.807, 2.05) is 13.8 Å². The van der Waals surface area contributed by atoms with Gasteiger partial charge in [0, 0.05) is 0 Å². The second-order valence-electron chi connectivity index (χ2n) is 5.12.